The van der Waals surface area contributed by atoms with Gasteiger partial charge in [0.2, 0.25) is 0 Å². The molecule has 0 aromatic heterocycles. The van der Waals surface area contributed by atoms with Crippen molar-refractivity contribution in [3.63, 3.8) is 0 Å². The van der Waals surface area contributed by atoms with E-state index in [-0.39, 0.29) is 5.82 Å². The highest BCUT2D eigenvalue weighted by Gasteiger charge is 2.07. The van der Waals surface area contributed by atoms with Gasteiger partial charge >= 0.3 is 0 Å². The van der Waals surface area contributed by atoms with Crippen molar-refractivity contribution in [1.29, 1.82) is 0 Å². The molecule has 3 heteroatoms. The number of ether oxygens (including phenoxy) is 1. The summed E-state index contributed by atoms with van der Waals surface area (Å²) in [6.45, 7) is 0. The molecule has 14 heavy (non-hydrogen) atoms. The van der Waals surface area contributed by atoms with Crippen molar-refractivity contribution in [3.8, 4) is 5.75 Å². The molecule has 0 spiro atoms. The Morgan fingerprint density at radius 2 is 2.14 bits per heavy atom. The maximum Gasteiger partial charge on any atom is 0.168 e. The Kier molecular flexibility index (Phi) is 4.74. The van der Waals surface area contributed by atoms with E-state index in [4.69, 9.17) is 16.3 Å². The maximum absolute atomic E-state index is 13.5. The van der Waals surface area contributed by atoms with Gasteiger partial charge < -0.3 is 4.74 Å². The quantitative estimate of drug-likeness (QED) is 0.542. The van der Waals surface area contributed by atoms with Gasteiger partial charge in [0, 0.05) is 5.88 Å². The molecular formula is C11H14ClFO. The highest BCUT2D eigenvalue weighted by molar-refractivity contribution is 6.17. The van der Waals surface area contributed by atoms with Crippen LogP contribution in [0.3, 0.4) is 0 Å². The number of hydrogen-bond donors (Lipinski definition) is 0. The van der Waals surface area contributed by atoms with Crippen LogP contribution in [0.5, 0.6) is 5.75 Å². The van der Waals surface area contributed by atoms with E-state index in [0.717, 1.165) is 19.3 Å². The van der Waals surface area contributed by atoms with Crippen molar-refractivity contribution in [2.24, 2.45) is 0 Å². The molecule has 1 rings (SSSR count). The predicted octanol–water partition coefficient (Wildman–Crippen LogP) is 3.40. The van der Waals surface area contributed by atoms with Gasteiger partial charge in [-0.15, -0.1) is 11.6 Å². The number of halogens is 2. The zero-order valence-electron chi connectivity index (χ0n) is 8.22. The number of rotatable bonds is 5. The van der Waals surface area contributed by atoms with Crippen LogP contribution in [0.4, 0.5) is 4.39 Å². The first-order valence-electron chi connectivity index (χ1n) is 4.67. The molecular weight excluding hydrogens is 203 g/mol. The van der Waals surface area contributed by atoms with Gasteiger partial charge in [-0.25, -0.2) is 4.39 Å². The Morgan fingerprint density at radius 1 is 1.36 bits per heavy atom. The molecule has 0 amide bonds. The summed E-state index contributed by atoms with van der Waals surface area (Å²) in [5.41, 5.74) is 0.703. The Bertz CT molecular complexity index is 289. The van der Waals surface area contributed by atoms with Crippen LogP contribution in [0.1, 0.15) is 18.4 Å². The van der Waals surface area contributed by atoms with Crippen LogP contribution in [-0.4, -0.2) is 13.0 Å². The van der Waals surface area contributed by atoms with E-state index in [9.17, 15) is 4.39 Å². The molecule has 0 saturated carbocycles. The van der Waals surface area contributed by atoms with Crippen LogP contribution in [0.2, 0.25) is 0 Å². The minimum absolute atomic E-state index is 0.246. The van der Waals surface area contributed by atoms with E-state index in [1.165, 1.54) is 7.11 Å². The van der Waals surface area contributed by atoms with Gasteiger partial charge in [0.1, 0.15) is 0 Å². The lowest BCUT2D eigenvalue weighted by Gasteiger charge is -2.06. The summed E-state index contributed by atoms with van der Waals surface area (Å²) in [6.07, 6.45) is 2.54. The first kappa shape index (κ1) is 11.3. The van der Waals surface area contributed by atoms with Crippen molar-refractivity contribution >= 4 is 11.6 Å². The fraction of sp³-hybridized carbons (Fsp3) is 0.455. The van der Waals surface area contributed by atoms with Crippen LogP contribution < -0.4 is 4.74 Å². The van der Waals surface area contributed by atoms with Gasteiger partial charge in [-0.2, -0.15) is 0 Å². The average Bonchev–Trinajstić information content (AvgIpc) is 2.21. The van der Waals surface area contributed by atoms with E-state index >= 15 is 0 Å². The molecule has 0 bridgehead atoms. The second kappa shape index (κ2) is 5.86. The fourth-order valence-corrected chi connectivity index (χ4v) is 1.51. The first-order chi connectivity index (χ1) is 6.79. The van der Waals surface area contributed by atoms with Crippen LogP contribution in [0.25, 0.3) is 0 Å². The third-order valence-corrected chi connectivity index (χ3v) is 2.36. The lowest BCUT2D eigenvalue weighted by molar-refractivity contribution is 0.384. The molecule has 0 aliphatic carbocycles. The molecule has 0 fully saturated rings. The van der Waals surface area contributed by atoms with E-state index in [0.29, 0.717) is 17.2 Å². The second-order valence-electron chi connectivity index (χ2n) is 3.08. The number of unbranched alkanes of at least 4 members (excludes halogenated alkanes) is 1. The Hall–Kier alpha value is -0.760. The van der Waals surface area contributed by atoms with Gasteiger partial charge in [-0.3, -0.25) is 0 Å². The number of methoxy groups -OCH3 is 1. The van der Waals surface area contributed by atoms with Crippen molar-refractivity contribution in [3.05, 3.63) is 29.6 Å². The van der Waals surface area contributed by atoms with Crippen LogP contribution in [-0.2, 0) is 6.42 Å². The zero-order chi connectivity index (χ0) is 10.4. The van der Waals surface area contributed by atoms with Gasteiger partial charge in [-0.1, -0.05) is 12.1 Å². The Balaban J connectivity index is 2.66. The number of aryl methyl sites for hydroxylation is 1. The van der Waals surface area contributed by atoms with Crippen molar-refractivity contribution in [2.45, 2.75) is 19.3 Å². The topological polar surface area (TPSA) is 9.23 Å². The normalized spacial score (nSPS) is 10.2. The summed E-state index contributed by atoms with van der Waals surface area (Å²) in [5.74, 6) is 0.698. The van der Waals surface area contributed by atoms with Gasteiger partial charge in [0.25, 0.3) is 0 Å². The minimum atomic E-state index is -0.246. The highest BCUT2D eigenvalue weighted by Crippen LogP contribution is 2.21. The predicted molar refractivity (Wildman–Crippen MR) is 56.6 cm³/mol. The number of alkyl halides is 1. The lowest BCUT2D eigenvalue weighted by Crippen LogP contribution is -1.95. The monoisotopic (exact) mass is 216 g/mol. The Labute approximate surface area is 88.8 Å². The smallest absolute Gasteiger partial charge is 0.168 e. The second-order valence-corrected chi connectivity index (χ2v) is 3.46. The molecule has 0 N–H and O–H groups in total. The molecule has 0 aliphatic heterocycles. The van der Waals surface area contributed by atoms with Crippen molar-refractivity contribution < 1.29 is 9.13 Å². The van der Waals surface area contributed by atoms with Crippen LogP contribution in [0, 0.1) is 5.82 Å². The molecule has 0 saturated heterocycles. The molecule has 0 aliphatic rings. The van der Waals surface area contributed by atoms with E-state index < -0.39 is 0 Å². The minimum Gasteiger partial charge on any atom is -0.494 e. The number of benzene rings is 1. The molecule has 78 valence electrons. The summed E-state index contributed by atoms with van der Waals surface area (Å²) in [5, 5.41) is 0. The highest BCUT2D eigenvalue weighted by atomic mass is 35.5. The third kappa shape index (κ3) is 2.88. The fourth-order valence-electron chi connectivity index (χ4n) is 1.32. The van der Waals surface area contributed by atoms with Gasteiger partial charge in [-0.05, 0) is 30.9 Å². The summed E-state index contributed by atoms with van der Waals surface area (Å²) >= 11 is 5.55. The van der Waals surface area contributed by atoms with Crippen molar-refractivity contribution in [2.75, 3.05) is 13.0 Å². The lowest BCUT2D eigenvalue weighted by atomic mass is 10.1. The largest absolute Gasteiger partial charge is 0.494 e. The summed E-state index contributed by atoms with van der Waals surface area (Å²) in [6, 6.07) is 5.21. The van der Waals surface area contributed by atoms with Crippen molar-refractivity contribution in [1.82, 2.24) is 0 Å². The summed E-state index contributed by atoms with van der Waals surface area (Å²) < 4.78 is 18.4. The standard InChI is InChI=1S/C11H14ClFO/c1-14-10-7-4-6-9(11(10)13)5-2-3-8-12/h4,6-7H,2-3,5,8H2,1H3. The van der Waals surface area contributed by atoms with Gasteiger partial charge in [0.05, 0.1) is 7.11 Å². The third-order valence-electron chi connectivity index (χ3n) is 2.09. The van der Waals surface area contributed by atoms with Gasteiger partial charge in [0.15, 0.2) is 11.6 Å². The number of hydrogen-bond acceptors (Lipinski definition) is 1. The molecule has 0 radical (unpaired) electrons. The average molecular weight is 217 g/mol. The molecule has 0 unspecified atom stereocenters. The first-order valence-corrected chi connectivity index (χ1v) is 5.20. The Morgan fingerprint density at radius 3 is 2.79 bits per heavy atom. The van der Waals surface area contributed by atoms with E-state index in [1.807, 2.05) is 0 Å². The summed E-state index contributed by atoms with van der Waals surface area (Å²) in [4.78, 5) is 0. The zero-order valence-corrected chi connectivity index (χ0v) is 8.98. The maximum atomic E-state index is 13.5. The van der Waals surface area contributed by atoms with E-state index in [1.54, 1.807) is 18.2 Å². The SMILES string of the molecule is COc1cccc(CCCCCl)c1F. The molecule has 1 aromatic carbocycles. The van der Waals surface area contributed by atoms with Crippen LogP contribution in [0.15, 0.2) is 18.2 Å². The summed E-state index contributed by atoms with van der Waals surface area (Å²) in [7, 11) is 1.47. The molecule has 1 aromatic rings. The van der Waals surface area contributed by atoms with Crippen LogP contribution >= 0.6 is 11.6 Å². The molecule has 0 heterocycles. The molecule has 0 atom stereocenters. The molecule has 1 nitrogen and oxygen atoms in total. The van der Waals surface area contributed by atoms with E-state index in [2.05, 4.69) is 0 Å².